The molecule has 3 heterocycles. The Kier molecular flexibility index (Phi) is 5.27. The van der Waals surface area contributed by atoms with Crippen LogP contribution in [0.25, 0.3) is 22.6 Å². The number of carbonyl (C=O) groups is 2. The molecule has 0 amide bonds. The summed E-state index contributed by atoms with van der Waals surface area (Å²) in [5.74, 6) is -1.24. The Morgan fingerprint density at radius 3 is 2.67 bits per heavy atom. The summed E-state index contributed by atoms with van der Waals surface area (Å²) in [7, 11) is 2.55. The Bertz CT molecular complexity index is 1270. The molecule has 0 fully saturated rings. The van der Waals surface area contributed by atoms with Crippen molar-refractivity contribution in [3.63, 3.8) is 0 Å². The van der Waals surface area contributed by atoms with E-state index in [1.807, 2.05) is 0 Å². The molecule has 0 saturated heterocycles. The van der Waals surface area contributed by atoms with E-state index in [0.29, 0.717) is 11.3 Å². The third-order valence-corrected chi connectivity index (χ3v) is 4.87. The van der Waals surface area contributed by atoms with Gasteiger partial charge in [0.15, 0.2) is 11.2 Å². The molecule has 0 N–H and O–H groups in total. The van der Waals surface area contributed by atoms with Gasteiger partial charge in [-0.05, 0) is 18.2 Å². The first-order valence-electron chi connectivity index (χ1n) is 8.53. The van der Waals surface area contributed by atoms with Gasteiger partial charge in [-0.25, -0.2) is 9.07 Å². The fraction of sp³-hybridized carbons (Fsp3) is 0.235. The number of benzene rings is 1. The van der Waals surface area contributed by atoms with Crippen molar-refractivity contribution in [3.8, 4) is 5.69 Å². The number of hydrogen-bond donors (Lipinski definition) is 0. The van der Waals surface area contributed by atoms with Crippen LogP contribution in [0.5, 0.6) is 0 Å². The molecule has 0 aliphatic heterocycles. The number of aromatic nitrogens is 7. The van der Waals surface area contributed by atoms with Crippen molar-refractivity contribution in [2.75, 3.05) is 20.0 Å². The molecule has 30 heavy (non-hydrogen) atoms. The number of esters is 2. The van der Waals surface area contributed by atoms with Crippen molar-refractivity contribution in [1.29, 1.82) is 0 Å². The van der Waals surface area contributed by atoms with Crippen molar-refractivity contribution in [3.05, 3.63) is 35.8 Å². The van der Waals surface area contributed by atoms with Crippen LogP contribution in [0, 0.1) is 5.82 Å². The molecule has 0 radical (unpaired) electrons. The van der Waals surface area contributed by atoms with E-state index in [1.165, 1.54) is 41.6 Å². The summed E-state index contributed by atoms with van der Waals surface area (Å²) in [5.41, 5.74) is 1.30. The van der Waals surface area contributed by atoms with E-state index in [9.17, 15) is 14.0 Å². The largest absolute Gasteiger partial charge is 0.469 e. The third kappa shape index (κ3) is 3.66. The van der Waals surface area contributed by atoms with Gasteiger partial charge in [0.25, 0.3) is 5.78 Å². The molecule has 1 aromatic carbocycles. The van der Waals surface area contributed by atoms with Crippen molar-refractivity contribution >= 4 is 40.6 Å². The molecule has 0 aliphatic rings. The normalized spacial score (nSPS) is 11.2. The summed E-state index contributed by atoms with van der Waals surface area (Å²) in [6.07, 6.45) is -0.159. The standard InChI is InChI=1S/C17H14FN7O4S/c1-28-12(26)7-11-14-15(24(22-11)10-5-3-4-9(18)6-10)25-16(21-20-14)19-17(23-25)30-8-13(27)29-2/h3-6H,7-8H2,1-2H3. The second kappa shape index (κ2) is 8.02. The molecule has 3 aromatic heterocycles. The van der Waals surface area contributed by atoms with Gasteiger partial charge in [0.2, 0.25) is 5.16 Å². The van der Waals surface area contributed by atoms with Gasteiger partial charge in [-0.3, -0.25) is 9.59 Å². The summed E-state index contributed by atoms with van der Waals surface area (Å²) >= 11 is 1.06. The predicted octanol–water partition coefficient (Wildman–Crippen LogP) is 0.978. The van der Waals surface area contributed by atoms with Gasteiger partial charge in [-0.15, -0.1) is 15.3 Å². The highest BCUT2D eigenvalue weighted by Crippen LogP contribution is 2.23. The van der Waals surface area contributed by atoms with E-state index in [-0.39, 0.29) is 34.3 Å². The van der Waals surface area contributed by atoms with Gasteiger partial charge in [-0.1, -0.05) is 17.8 Å². The lowest BCUT2D eigenvalue weighted by atomic mass is 10.3. The first-order valence-corrected chi connectivity index (χ1v) is 9.52. The maximum Gasteiger partial charge on any atom is 0.316 e. The number of methoxy groups -OCH3 is 2. The zero-order valence-electron chi connectivity index (χ0n) is 15.8. The molecule has 0 aliphatic carbocycles. The van der Waals surface area contributed by atoms with E-state index in [2.05, 4.69) is 30.1 Å². The maximum atomic E-state index is 13.8. The number of nitrogens with zero attached hydrogens (tertiary/aromatic N) is 7. The molecule has 0 unspecified atom stereocenters. The van der Waals surface area contributed by atoms with Crippen molar-refractivity contribution in [2.45, 2.75) is 11.6 Å². The van der Waals surface area contributed by atoms with Crippen LogP contribution >= 0.6 is 11.8 Å². The lowest BCUT2D eigenvalue weighted by Crippen LogP contribution is -2.06. The smallest absolute Gasteiger partial charge is 0.316 e. The summed E-state index contributed by atoms with van der Waals surface area (Å²) in [5, 5.41) is 17.2. The van der Waals surface area contributed by atoms with Crippen LogP contribution in [-0.2, 0) is 25.5 Å². The average Bonchev–Trinajstić information content (AvgIpc) is 3.33. The van der Waals surface area contributed by atoms with E-state index in [4.69, 9.17) is 4.74 Å². The number of hydrogen-bond acceptors (Lipinski definition) is 10. The van der Waals surface area contributed by atoms with Gasteiger partial charge < -0.3 is 9.47 Å². The Balaban J connectivity index is 1.90. The zero-order valence-corrected chi connectivity index (χ0v) is 16.6. The van der Waals surface area contributed by atoms with Crippen LogP contribution in [0.4, 0.5) is 4.39 Å². The van der Waals surface area contributed by atoms with Gasteiger partial charge in [0.1, 0.15) is 11.5 Å². The molecule has 0 saturated carbocycles. The number of halogens is 1. The highest BCUT2D eigenvalue weighted by molar-refractivity contribution is 7.99. The maximum absolute atomic E-state index is 13.8. The van der Waals surface area contributed by atoms with Crippen molar-refractivity contribution < 1.29 is 23.5 Å². The first-order chi connectivity index (χ1) is 14.5. The highest BCUT2D eigenvalue weighted by atomic mass is 32.2. The Morgan fingerprint density at radius 1 is 1.13 bits per heavy atom. The predicted molar refractivity (Wildman–Crippen MR) is 102 cm³/mol. The van der Waals surface area contributed by atoms with Gasteiger partial charge in [0.05, 0.1) is 32.1 Å². The van der Waals surface area contributed by atoms with Crippen LogP contribution in [0.3, 0.4) is 0 Å². The van der Waals surface area contributed by atoms with E-state index < -0.39 is 17.8 Å². The average molecular weight is 431 g/mol. The van der Waals surface area contributed by atoms with Gasteiger partial charge in [0, 0.05) is 0 Å². The van der Waals surface area contributed by atoms with Crippen LogP contribution in [0.2, 0.25) is 0 Å². The Hall–Kier alpha value is -3.61. The number of thioether (sulfide) groups is 1. The minimum Gasteiger partial charge on any atom is -0.469 e. The van der Waals surface area contributed by atoms with Crippen molar-refractivity contribution in [2.24, 2.45) is 0 Å². The minimum absolute atomic E-state index is 0.0146. The fourth-order valence-electron chi connectivity index (χ4n) is 2.68. The second-order valence-corrected chi connectivity index (χ2v) is 6.88. The molecule has 4 aromatic rings. The van der Waals surface area contributed by atoms with Crippen LogP contribution < -0.4 is 0 Å². The topological polar surface area (TPSA) is 126 Å². The summed E-state index contributed by atoms with van der Waals surface area (Å²) < 4.78 is 25.9. The fourth-order valence-corrected chi connectivity index (χ4v) is 3.33. The van der Waals surface area contributed by atoms with Crippen LogP contribution in [0.1, 0.15) is 5.69 Å². The SMILES string of the molecule is COC(=O)CSc1nc2nnc3c(CC(=O)OC)nn(-c4cccc(F)c4)c3n2n1. The summed E-state index contributed by atoms with van der Waals surface area (Å²) in [6, 6.07) is 5.76. The molecule has 0 spiro atoms. The Labute approximate surface area is 172 Å². The van der Waals surface area contributed by atoms with Gasteiger partial charge in [-0.2, -0.15) is 14.6 Å². The lowest BCUT2D eigenvalue weighted by Gasteiger charge is -2.03. The zero-order chi connectivity index (χ0) is 21.3. The molecule has 0 atom stereocenters. The highest BCUT2D eigenvalue weighted by Gasteiger charge is 2.22. The first kappa shape index (κ1) is 19.7. The van der Waals surface area contributed by atoms with Gasteiger partial charge >= 0.3 is 11.9 Å². The second-order valence-electron chi connectivity index (χ2n) is 5.93. The van der Waals surface area contributed by atoms with E-state index in [0.717, 1.165) is 11.8 Å². The summed E-state index contributed by atoms with van der Waals surface area (Å²) in [4.78, 5) is 27.4. The number of ether oxygens (including phenoxy) is 2. The van der Waals surface area contributed by atoms with E-state index in [1.54, 1.807) is 6.07 Å². The molecule has 0 bridgehead atoms. The molecule has 4 rings (SSSR count). The molecule has 13 heteroatoms. The lowest BCUT2D eigenvalue weighted by molar-refractivity contribution is -0.140. The monoisotopic (exact) mass is 431 g/mol. The summed E-state index contributed by atoms with van der Waals surface area (Å²) in [6.45, 7) is 0. The molecular formula is C17H14FN7O4S. The van der Waals surface area contributed by atoms with Crippen LogP contribution in [0.15, 0.2) is 29.4 Å². The Morgan fingerprint density at radius 2 is 1.93 bits per heavy atom. The number of fused-ring (bicyclic) bond motifs is 3. The minimum atomic E-state index is -0.518. The number of rotatable bonds is 6. The number of carbonyl (C=O) groups excluding carboxylic acids is 2. The van der Waals surface area contributed by atoms with Crippen LogP contribution in [-0.4, -0.2) is 66.5 Å². The van der Waals surface area contributed by atoms with Crippen molar-refractivity contribution in [1.82, 2.24) is 34.6 Å². The molecular weight excluding hydrogens is 417 g/mol. The molecule has 11 nitrogen and oxygen atoms in total. The third-order valence-electron chi connectivity index (χ3n) is 4.06. The quantitative estimate of drug-likeness (QED) is 0.322. The molecule has 154 valence electrons. The van der Waals surface area contributed by atoms with E-state index >= 15 is 0 Å².